The molecule has 0 aliphatic rings. The van der Waals surface area contributed by atoms with Gasteiger partial charge in [0, 0.05) is 17.3 Å². The third kappa shape index (κ3) is 2.53. The van der Waals surface area contributed by atoms with Crippen LogP contribution in [0.15, 0.2) is 0 Å². The van der Waals surface area contributed by atoms with E-state index in [9.17, 15) is 8.78 Å². The third-order valence-electron chi connectivity index (χ3n) is 2.61. The van der Waals surface area contributed by atoms with Crippen molar-refractivity contribution in [3.8, 4) is 0 Å². The summed E-state index contributed by atoms with van der Waals surface area (Å²) in [5.41, 5.74) is 2.64. The van der Waals surface area contributed by atoms with E-state index in [0.29, 0.717) is 0 Å². The molecule has 0 saturated heterocycles. The van der Waals surface area contributed by atoms with Crippen molar-refractivity contribution in [1.82, 2.24) is 15.1 Å². The molecule has 1 rings (SSSR count). The van der Waals surface area contributed by atoms with Crippen molar-refractivity contribution in [2.24, 2.45) is 0 Å². The highest BCUT2D eigenvalue weighted by Crippen LogP contribution is 2.21. The maximum atomic E-state index is 12.2. The van der Waals surface area contributed by atoms with Crippen molar-refractivity contribution in [3.63, 3.8) is 0 Å². The Morgan fingerprint density at radius 1 is 1.40 bits per heavy atom. The Morgan fingerprint density at radius 2 is 2.00 bits per heavy atom. The van der Waals surface area contributed by atoms with Crippen LogP contribution < -0.4 is 5.32 Å². The first-order chi connectivity index (χ1) is 6.97. The molecule has 0 radical (unpaired) electrons. The minimum Gasteiger partial charge on any atom is -0.313 e. The largest absolute Gasteiger partial charge is 0.313 e. The second kappa shape index (κ2) is 4.70. The van der Waals surface area contributed by atoms with Gasteiger partial charge in [0.15, 0.2) is 0 Å². The van der Waals surface area contributed by atoms with Crippen LogP contribution in [0, 0.1) is 13.8 Å². The van der Waals surface area contributed by atoms with Crippen molar-refractivity contribution in [2.45, 2.75) is 39.8 Å². The molecule has 0 bridgehead atoms. The Kier molecular flexibility index (Phi) is 3.79. The van der Waals surface area contributed by atoms with E-state index in [1.807, 2.05) is 27.8 Å². The van der Waals surface area contributed by atoms with Gasteiger partial charge in [-0.25, -0.2) is 8.78 Å². The van der Waals surface area contributed by atoms with Gasteiger partial charge in [-0.15, -0.1) is 0 Å². The fourth-order valence-corrected chi connectivity index (χ4v) is 1.79. The number of rotatable bonds is 4. The molecule has 86 valence electrons. The van der Waals surface area contributed by atoms with Crippen LogP contribution in [0.5, 0.6) is 0 Å². The first kappa shape index (κ1) is 12.1. The average Bonchev–Trinajstić information content (AvgIpc) is 2.40. The number of nitrogens with one attached hydrogen (secondary N) is 1. The van der Waals surface area contributed by atoms with E-state index in [2.05, 4.69) is 10.4 Å². The molecule has 1 aromatic rings. The number of aryl methyl sites for hydroxylation is 1. The average molecular weight is 217 g/mol. The highest BCUT2D eigenvalue weighted by atomic mass is 19.3. The van der Waals surface area contributed by atoms with Gasteiger partial charge in [0.05, 0.1) is 5.69 Å². The Morgan fingerprint density at radius 3 is 2.47 bits per heavy atom. The molecular formula is C10H17F2N3. The van der Waals surface area contributed by atoms with Gasteiger partial charge in [0.2, 0.25) is 0 Å². The molecule has 0 spiro atoms. The van der Waals surface area contributed by atoms with Gasteiger partial charge >= 0.3 is 0 Å². The molecule has 0 amide bonds. The summed E-state index contributed by atoms with van der Waals surface area (Å²) in [6, 6.07) is 0.136. The van der Waals surface area contributed by atoms with E-state index in [-0.39, 0.29) is 12.6 Å². The normalized spacial score (nSPS) is 13.5. The summed E-state index contributed by atoms with van der Waals surface area (Å²) in [6.07, 6.45) is -2.36. The smallest absolute Gasteiger partial charge is 0.257 e. The third-order valence-corrected chi connectivity index (χ3v) is 2.61. The zero-order chi connectivity index (χ0) is 11.6. The van der Waals surface area contributed by atoms with Crippen LogP contribution >= 0.6 is 0 Å². The van der Waals surface area contributed by atoms with Crippen molar-refractivity contribution in [1.29, 1.82) is 0 Å². The zero-order valence-electron chi connectivity index (χ0n) is 9.51. The van der Waals surface area contributed by atoms with Gasteiger partial charge in [-0.3, -0.25) is 4.68 Å². The van der Waals surface area contributed by atoms with Gasteiger partial charge < -0.3 is 5.32 Å². The minimum atomic E-state index is -2.36. The first-order valence-electron chi connectivity index (χ1n) is 4.96. The number of hydrogen-bond acceptors (Lipinski definition) is 2. The van der Waals surface area contributed by atoms with Crippen LogP contribution in [0.3, 0.4) is 0 Å². The van der Waals surface area contributed by atoms with E-state index >= 15 is 0 Å². The quantitative estimate of drug-likeness (QED) is 0.836. The lowest BCUT2D eigenvalue weighted by Gasteiger charge is -2.11. The summed E-state index contributed by atoms with van der Waals surface area (Å²) in [5, 5.41) is 7.20. The fourth-order valence-electron chi connectivity index (χ4n) is 1.79. The molecule has 1 N–H and O–H groups in total. The molecular weight excluding hydrogens is 200 g/mol. The van der Waals surface area contributed by atoms with E-state index in [4.69, 9.17) is 0 Å². The molecule has 5 heteroatoms. The molecule has 0 aliphatic heterocycles. The van der Waals surface area contributed by atoms with Gasteiger partial charge in [0.25, 0.3) is 6.43 Å². The maximum Gasteiger partial charge on any atom is 0.257 e. The van der Waals surface area contributed by atoms with Crippen molar-refractivity contribution in [2.75, 3.05) is 7.05 Å². The van der Waals surface area contributed by atoms with Gasteiger partial charge in [-0.05, 0) is 27.8 Å². The van der Waals surface area contributed by atoms with Crippen LogP contribution in [0.4, 0.5) is 8.78 Å². The number of aromatic nitrogens is 2. The molecule has 0 fully saturated rings. The van der Waals surface area contributed by atoms with Gasteiger partial charge in [-0.1, -0.05) is 0 Å². The van der Waals surface area contributed by atoms with Crippen molar-refractivity contribution >= 4 is 0 Å². The lowest BCUT2D eigenvalue weighted by molar-refractivity contribution is 0.121. The van der Waals surface area contributed by atoms with Crippen LogP contribution in [0.1, 0.15) is 29.9 Å². The highest BCUT2D eigenvalue weighted by Gasteiger charge is 2.17. The topological polar surface area (TPSA) is 29.9 Å². The maximum absolute atomic E-state index is 12.2. The lowest BCUT2D eigenvalue weighted by atomic mass is 10.1. The summed E-state index contributed by atoms with van der Waals surface area (Å²) >= 11 is 0. The van der Waals surface area contributed by atoms with Crippen LogP contribution in [0.25, 0.3) is 0 Å². The lowest BCUT2D eigenvalue weighted by Crippen LogP contribution is -2.15. The monoisotopic (exact) mass is 217 g/mol. The van der Waals surface area contributed by atoms with Gasteiger partial charge in [-0.2, -0.15) is 5.10 Å². The van der Waals surface area contributed by atoms with E-state index in [0.717, 1.165) is 17.0 Å². The molecule has 15 heavy (non-hydrogen) atoms. The van der Waals surface area contributed by atoms with Crippen molar-refractivity contribution < 1.29 is 8.78 Å². The number of hydrogen-bond donors (Lipinski definition) is 1. The van der Waals surface area contributed by atoms with Crippen molar-refractivity contribution in [3.05, 3.63) is 17.0 Å². The van der Waals surface area contributed by atoms with E-state index < -0.39 is 6.43 Å². The molecule has 1 atom stereocenters. The summed E-state index contributed by atoms with van der Waals surface area (Å²) in [6.45, 7) is 5.33. The summed E-state index contributed by atoms with van der Waals surface area (Å²) < 4.78 is 25.9. The summed E-state index contributed by atoms with van der Waals surface area (Å²) in [5.74, 6) is 0. The zero-order valence-corrected chi connectivity index (χ0v) is 9.51. The molecule has 1 aromatic heterocycles. The second-order valence-electron chi connectivity index (χ2n) is 3.67. The summed E-state index contributed by atoms with van der Waals surface area (Å²) in [4.78, 5) is 0. The second-order valence-corrected chi connectivity index (χ2v) is 3.67. The number of alkyl halides is 2. The van der Waals surface area contributed by atoms with E-state index in [1.54, 1.807) is 0 Å². The Hall–Kier alpha value is -0.970. The number of nitrogens with zero attached hydrogens (tertiary/aromatic N) is 2. The van der Waals surface area contributed by atoms with Crippen LogP contribution in [0.2, 0.25) is 0 Å². The SMILES string of the molecule is CNC(C)c1c(C)nn(CC(F)F)c1C. The van der Waals surface area contributed by atoms with Crippen LogP contribution in [-0.4, -0.2) is 23.3 Å². The first-order valence-corrected chi connectivity index (χ1v) is 4.96. The molecule has 1 heterocycles. The highest BCUT2D eigenvalue weighted by molar-refractivity contribution is 5.27. The molecule has 3 nitrogen and oxygen atoms in total. The Balaban J connectivity index is 3.03. The fraction of sp³-hybridized carbons (Fsp3) is 0.700. The molecule has 1 unspecified atom stereocenters. The van der Waals surface area contributed by atoms with Gasteiger partial charge in [0.1, 0.15) is 6.54 Å². The predicted octanol–water partition coefficient (Wildman–Crippen LogP) is 2.05. The standard InChI is InChI=1S/C10H17F2N3/c1-6(13-4)10-7(2)14-15(8(10)3)5-9(11)12/h6,9,13H,5H2,1-4H3. The predicted molar refractivity (Wildman–Crippen MR) is 55.2 cm³/mol. The summed E-state index contributed by atoms with van der Waals surface area (Å²) in [7, 11) is 1.84. The molecule has 0 saturated carbocycles. The number of halogens is 2. The molecule has 0 aromatic carbocycles. The van der Waals surface area contributed by atoms with Crippen LogP contribution in [-0.2, 0) is 6.54 Å². The minimum absolute atomic E-state index is 0.136. The Labute approximate surface area is 88.5 Å². The Bertz CT molecular complexity index is 334. The van der Waals surface area contributed by atoms with E-state index in [1.165, 1.54) is 4.68 Å². The molecule has 0 aliphatic carbocycles.